The van der Waals surface area contributed by atoms with Gasteiger partial charge in [0.05, 0.1) is 0 Å². The Labute approximate surface area is 91.7 Å². The molecule has 2 rings (SSSR count). The summed E-state index contributed by atoms with van der Waals surface area (Å²) in [6.45, 7) is 2.48. The largest absolute Gasteiger partial charge is 0.312 e. The summed E-state index contributed by atoms with van der Waals surface area (Å²) in [6, 6.07) is 1.55. The van der Waals surface area contributed by atoms with Crippen LogP contribution in [0.5, 0.6) is 0 Å². The van der Waals surface area contributed by atoms with Gasteiger partial charge in [0.1, 0.15) is 0 Å². The molecule has 2 nitrogen and oxygen atoms in total. The van der Waals surface area contributed by atoms with Crippen LogP contribution in [0.15, 0.2) is 0 Å². The predicted octanol–water partition coefficient (Wildman–Crippen LogP) is 1.27. The SMILES string of the molecule is C1CCC(C2CCCCN2)NC1.[Mn]. The molecular weight excluding hydrogens is 203 g/mol. The summed E-state index contributed by atoms with van der Waals surface area (Å²) >= 11 is 0. The second-order valence-corrected chi connectivity index (χ2v) is 4.11. The third-order valence-corrected chi connectivity index (χ3v) is 3.18. The maximum atomic E-state index is 3.63. The smallest absolute Gasteiger partial charge is 0.0221 e. The van der Waals surface area contributed by atoms with Gasteiger partial charge in [-0.3, -0.25) is 0 Å². The third-order valence-electron chi connectivity index (χ3n) is 3.18. The van der Waals surface area contributed by atoms with E-state index in [1.54, 1.807) is 0 Å². The van der Waals surface area contributed by atoms with Crippen molar-refractivity contribution >= 4 is 0 Å². The molecule has 0 aliphatic carbocycles. The van der Waals surface area contributed by atoms with Gasteiger partial charge in [0, 0.05) is 29.2 Å². The number of hydrogen-bond acceptors (Lipinski definition) is 2. The van der Waals surface area contributed by atoms with Gasteiger partial charge < -0.3 is 10.6 Å². The van der Waals surface area contributed by atoms with Crippen LogP contribution in [0.2, 0.25) is 0 Å². The second kappa shape index (κ2) is 6.02. The van der Waals surface area contributed by atoms with Gasteiger partial charge >= 0.3 is 0 Å². The van der Waals surface area contributed by atoms with Crippen molar-refractivity contribution in [3.63, 3.8) is 0 Å². The van der Waals surface area contributed by atoms with Crippen LogP contribution in [0.3, 0.4) is 0 Å². The molecule has 13 heavy (non-hydrogen) atoms. The summed E-state index contributed by atoms with van der Waals surface area (Å²) in [5.74, 6) is 0. The minimum absolute atomic E-state index is 0. The van der Waals surface area contributed by atoms with Crippen molar-refractivity contribution in [2.75, 3.05) is 13.1 Å². The zero-order chi connectivity index (χ0) is 8.23. The monoisotopic (exact) mass is 223 g/mol. The second-order valence-electron chi connectivity index (χ2n) is 4.11. The average molecular weight is 223 g/mol. The molecular formula is C10H20MnN2. The number of rotatable bonds is 1. The standard InChI is InChI=1S/C10H20N2.Mn/c1-3-7-11-9(5-1)10-6-2-4-8-12-10;/h9-12H,1-8H2;. The van der Waals surface area contributed by atoms with Gasteiger partial charge in [0.25, 0.3) is 0 Å². The van der Waals surface area contributed by atoms with Gasteiger partial charge in [-0.1, -0.05) is 12.8 Å². The summed E-state index contributed by atoms with van der Waals surface area (Å²) in [5, 5.41) is 7.25. The van der Waals surface area contributed by atoms with Gasteiger partial charge in [0.15, 0.2) is 0 Å². The Balaban J connectivity index is 0.000000845. The van der Waals surface area contributed by atoms with Crippen LogP contribution in [-0.2, 0) is 17.1 Å². The van der Waals surface area contributed by atoms with E-state index in [2.05, 4.69) is 10.6 Å². The van der Waals surface area contributed by atoms with Crippen molar-refractivity contribution in [1.29, 1.82) is 0 Å². The molecule has 77 valence electrons. The molecule has 1 radical (unpaired) electrons. The fourth-order valence-corrected chi connectivity index (χ4v) is 2.44. The van der Waals surface area contributed by atoms with Crippen LogP contribution in [0.25, 0.3) is 0 Å². The minimum atomic E-state index is 0. The molecule has 2 atom stereocenters. The first-order valence-corrected chi connectivity index (χ1v) is 5.43. The Morgan fingerprint density at radius 2 is 1.15 bits per heavy atom. The van der Waals surface area contributed by atoms with Gasteiger partial charge in [-0.15, -0.1) is 0 Å². The summed E-state index contributed by atoms with van der Waals surface area (Å²) < 4.78 is 0. The Bertz CT molecular complexity index is 113. The van der Waals surface area contributed by atoms with Crippen LogP contribution in [0, 0.1) is 0 Å². The molecule has 0 saturated carbocycles. The minimum Gasteiger partial charge on any atom is -0.312 e. The van der Waals surface area contributed by atoms with Gasteiger partial charge in [-0.2, -0.15) is 0 Å². The molecule has 2 aliphatic rings. The fraction of sp³-hybridized carbons (Fsp3) is 1.00. The van der Waals surface area contributed by atoms with Crippen molar-refractivity contribution in [3.05, 3.63) is 0 Å². The van der Waals surface area contributed by atoms with Crippen LogP contribution in [0.1, 0.15) is 38.5 Å². The summed E-state index contributed by atoms with van der Waals surface area (Å²) in [7, 11) is 0. The Kier molecular flexibility index (Phi) is 5.33. The van der Waals surface area contributed by atoms with Gasteiger partial charge in [-0.05, 0) is 38.8 Å². The Morgan fingerprint density at radius 1 is 0.692 bits per heavy atom. The van der Waals surface area contributed by atoms with E-state index in [9.17, 15) is 0 Å². The first kappa shape index (κ1) is 11.5. The number of piperidine rings is 2. The molecule has 0 bridgehead atoms. The third kappa shape index (κ3) is 3.25. The van der Waals surface area contributed by atoms with E-state index < -0.39 is 0 Å². The maximum Gasteiger partial charge on any atom is 0.0221 e. The van der Waals surface area contributed by atoms with Crippen molar-refractivity contribution < 1.29 is 17.1 Å². The normalized spacial score (nSPS) is 35.1. The molecule has 0 spiro atoms. The van der Waals surface area contributed by atoms with E-state index in [0.717, 1.165) is 12.1 Å². The Hall–Kier alpha value is 0.439. The summed E-state index contributed by atoms with van der Waals surface area (Å²) in [6.07, 6.45) is 8.38. The maximum absolute atomic E-state index is 3.63. The molecule has 2 saturated heterocycles. The van der Waals surface area contributed by atoms with Crippen molar-refractivity contribution in [2.24, 2.45) is 0 Å². The van der Waals surface area contributed by atoms with Crippen molar-refractivity contribution in [3.8, 4) is 0 Å². The van der Waals surface area contributed by atoms with Crippen LogP contribution >= 0.6 is 0 Å². The van der Waals surface area contributed by atoms with Crippen LogP contribution in [-0.4, -0.2) is 25.2 Å². The number of nitrogens with one attached hydrogen (secondary N) is 2. The van der Waals surface area contributed by atoms with E-state index in [1.165, 1.54) is 51.6 Å². The van der Waals surface area contributed by atoms with E-state index in [0.29, 0.717) is 0 Å². The summed E-state index contributed by atoms with van der Waals surface area (Å²) in [4.78, 5) is 0. The molecule has 2 aliphatic heterocycles. The van der Waals surface area contributed by atoms with Crippen molar-refractivity contribution in [1.82, 2.24) is 10.6 Å². The quantitative estimate of drug-likeness (QED) is 0.654. The van der Waals surface area contributed by atoms with Crippen molar-refractivity contribution in [2.45, 2.75) is 50.6 Å². The molecule has 0 aromatic rings. The van der Waals surface area contributed by atoms with Gasteiger partial charge in [0.2, 0.25) is 0 Å². The zero-order valence-corrected chi connectivity index (χ0v) is 9.37. The molecule has 0 amide bonds. The van der Waals surface area contributed by atoms with E-state index in [1.807, 2.05) is 0 Å². The molecule has 3 heteroatoms. The average Bonchev–Trinajstić information content (AvgIpc) is 2.21. The fourth-order valence-electron chi connectivity index (χ4n) is 2.44. The molecule has 2 N–H and O–H groups in total. The molecule has 2 unspecified atom stereocenters. The topological polar surface area (TPSA) is 24.1 Å². The number of hydrogen-bond donors (Lipinski definition) is 2. The van der Waals surface area contributed by atoms with E-state index >= 15 is 0 Å². The predicted molar refractivity (Wildman–Crippen MR) is 51.3 cm³/mol. The van der Waals surface area contributed by atoms with Crippen LogP contribution in [0.4, 0.5) is 0 Å². The molecule has 0 aromatic carbocycles. The van der Waals surface area contributed by atoms with E-state index in [4.69, 9.17) is 0 Å². The first-order valence-electron chi connectivity index (χ1n) is 5.43. The van der Waals surface area contributed by atoms with Crippen LogP contribution < -0.4 is 10.6 Å². The van der Waals surface area contributed by atoms with Gasteiger partial charge in [-0.25, -0.2) is 0 Å². The first-order chi connectivity index (χ1) is 5.97. The summed E-state index contributed by atoms with van der Waals surface area (Å²) in [5.41, 5.74) is 0. The molecule has 0 aromatic heterocycles. The molecule has 2 fully saturated rings. The Morgan fingerprint density at radius 3 is 1.46 bits per heavy atom. The zero-order valence-electron chi connectivity index (χ0n) is 8.19. The molecule has 2 heterocycles. The van der Waals surface area contributed by atoms with E-state index in [-0.39, 0.29) is 17.1 Å².